The molecule has 0 saturated carbocycles. The minimum Gasteiger partial charge on any atom is -0.519 e. The molecule has 0 amide bonds. The Morgan fingerprint density at radius 1 is 1.06 bits per heavy atom. The zero-order chi connectivity index (χ0) is 13.0. The first-order valence-corrected chi connectivity index (χ1v) is 13.3. The summed E-state index contributed by atoms with van der Waals surface area (Å²) in [5.74, 6) is 1.05. The predicted molar refractivity (Wildman–Crippen MR) is 94.8 cm³/mol. The Balaban J connectivity index is 1.95. The van der Waals surface area contributed by atoms with Crippen molar-refractivity contribution in [2.45, 2.75) is 32.4 Å². The Labute approximate surface area is 128 Å². The minimum absolute atomic E-state index is 1.05. The molecule has 0 atom stereocenters. The average molecular weight is 333 g/mol. The van der Waals surface area contributed by atoms with E-state index in [0.717, 1.165) is 18.6 Å². The molecule has 98 valence electrons. The van der Waals surface area contributed by atoms with Crippen LogP contribution in [0.25, 0.3) is 0 Å². The summed E-state index contributed by atoms with van der Waals surface area (Å²) in [6.45, 7) is 4.48. The molecule has 2 rings (SSSR count). The molecule has 1 aromatic rings. The zero-order valence-corrected chi connectivity index (χ0v) is 14.7. The maximum Gasteiger partial charge on any atom is 0.0842 e. The molecule has 18 heavy (non-hydrogen) atoms. The Morgan fingerprint density at radius 3 is 2.11 bits per heavy atom. The summed E-state index contributed by atoms with van der Waals surface area (Å²) >= 11 is 11.9. The van der Waals surface area contributed by atoms with Crippen LogP contribution in [-0.2, 0) is 18.0 Å². The zero-order valence-electron chi connectivity index (χ0n) is 10.6. The van der Waals surface area contributed by atoms with Gasteiger partial charge in [0, 0.05) is 21.2 Å². The lowest BCUT2D eigenvalue weighted by Crippen LogP contribution is -1.78. The molecular weight excluding hydrogens is 315 g/mol. The predicted octanol–water partition coefficient (Wildman–Crippen LogP) is 6.66. The van der Waals surface area contributed by atoms with Crippen LogP contribution in [-0.4, -0.2) is 0 Å². The van der Waals surface area contributed by atoms with Gasteiger partial charge in [-0.1, -0.05) is 44.2 Å². The molecule has 5 heteroatoms. The van der Waals surface area contributed by atoms with Crippen molar-refractivity contribution in [2.75, 3.05) is 0 Å². The molecule has 0 aliphatic carbocycles. The van der Waals surface area contributed by atoms with E-state index < -0.39 is 4.07 Å². The quantitative estimate of drug-likeness (QED) is 0.437. The maximum atomic E-state index is 5.91. The van der Waals surface area contributed by atoms with Crippen molar-refractivity contribution < 1.29 is 0 Å². The van der Waals surface area contributed by atoms with Crippen LogP contribution < -0.4 is 0 Å². The molecule has 0 N–H and O–H groups in total. The van der Waals surface area contributed by atoms with Crippen LogP contribution >= 0.6 is 38.2 Å². The summed E-state index contributed by atoms with van der Waals surface area (Å²) in [7, 11) is 0. The standard InChI is InChI=1S/C13H17PS4/c1-3-12-13(4-2)18-14(15,17-12)16-10-11-8-6-5-7-9-11/h5-9H,3-4,10H2,1-2H3. The smallest absolute Gasteiger partial charge is 0.0842 e. The van der Waals surface area contributed by atoms with Crippen LogP contribution in [0, 0.1) is 0 Å². The lowest BCUT2D eigenvalue weighted by molar-refractivity contribution is 1.12. The van der Waals surface area contributed by atoms with Crippen LogP contribution in [0.15, 0.2) is 40.1 Å². The highest BCUT2D eigenvalue weighted by Crippen LogP contribution is 2.93. The van der Waals surface area contributed by atoms with Gasteiger partial charge in [0.1, 0.15) is 0 Å². The van der Waals surface area contributed by atoms with Crippen LogP contribution in [0.1, 0.15) is 32.3 Å². The lowest BCUT2D eigenvalue weighted by atomic mass is 10.2. The van der Waals surface area contributed by atoms with Gasteiger partial charge in [0.05, 0.1) is 32.6 Å². The number of benzene rings is 1. The van der Waals surface area contributed by atoms with Gasteiger partial charge in [-0.25, -0.2) is 0 Å². The molecule has 1 heterocycles. The largest absolute Gasteiger partial charge is 0.519 e. The van der Waals surface area contributed by atoms with Gasteiger partial charge >= 0.3 is 0 Å². The van der Waals surface area contributed by atoms with Crippen molar-refractivity contribution in [3.63, 3.8) is 0 Å². The van der Waals surface area contributed by atoms with Crippen LogP contribution in [0.3, 0.4) is 0 Å². The average Bonchev–Trinajstić information content (AvgIpc) is 2.75. The first-order valence-electron chi connectivity index (χ1n) is 6.06. The summed E-state index contributed by atoms with van der Waals surface area (Å²) in [4.78, 5) is 3.10. The van der Waals surface area contributed by atoms with E-state index in [2.05, 4.69) is 44.2 Å². The van der Waals surface area contributed by atoms with Crippen molar-refractivity contribution in [3.8, 4) is 0 Å². The number of hydrogen-bond donors (Lipinski definition) is 0. The third-order valence-corrected chi connectivity index (χ3v) is 16.4. The van der Waals surface area contributed by atoms with Crippen molar-refractivity contribution in [2.24, 2.45) is 0 Å². The molecule has 0 bridgehead atoms. The second-order valence-electron chi connectivity index (χ2n) is 3.94. The number of allylic oxidation sites excluding steroid dienone is 2. The molecule has 0 aromatic heterocycles. The molecule has 1 aliphatic heterocycles. The first kappa shape index (κ1) is 15.2. The van der Waals surface area contributed by atoms with E-state index in [1.165, 1.54) is 5.56 Å². The van der Waals surface area contributed by atoms with E-state index in [-0.39, 0.29) is 0 Å². The van der Waals surface area contributed by atoms with Gasteiger partial charge in [0.15, 0.2) is 0 Å². The van der Waals surface area contributed by atoms with Gasteiger partial charge in [-0.15, -0.1) is 0 Å². The highest BCUT2D eigenvalue weighted by atomic mass is 33.6. The van der Waals surface area contributed by atoms with Gasteiger partial charge in [-0.2, -0.15) is 0 Å². The van der Waals surface area contributed by atoms with Gasteiger partial charge in [0.25, 0.3) is 0 Å². The second-order valence-corrected chi connectivity index (χ2v) is 19.3. The first-order chi connectivity index (χ1) is 8.67. The molecule has 1 aromatic carbocycles. The summed E-state index contributed by atoms with van der Waals surface area (Å²) in [5, 5.41) is 0. The van der Waals surface area contributed by atoms with E-state index in [9.17, 15) is 0 Å². The molecule has 0 saturated heterocycles. The minimum atomic E-state index is -1.37. The van der Waals surface area contributed by atoms with Gasteiger partial charge in [0.2, 0.25) is 0 Å². The van der Waals surface area contributed by atoms with Gasteiger partial charge in [-0.05, 0) is 18.4 Å². The molecule has 0 nitrogen and oxygen atoms in total. The van der Waals surface area contributed by atoms with E-state index in [1.54, 1.807) is 9.81 Å². The highest BCUT2D eigenvalue weighted by Gasteiger charge is 2.39. The molecule has 1 aliphatic rings. The molecule has 0 spiro atoms. The number of hydrogen-bond acceptors (Lipinski definition) is 4. The summed E-state index contributed by atoms with van der Waals surface area (Å²) in [5.41, 5.74) is 1.39. The topological polar surface area (TPSA) is 0 Å². The summed E-state index contributed by atoms with van der Waals surface area (Å²) in [6.07, 6.45) is 2.29. The fourth-order valence-electron chi connectivity index (χ4n) is 1.69. The van der Waals surface area contributed by atoms with Crippen molar-refractivity contribution in [3.05, 3.63) is 45.7 Å². The lowest BCUT2D eigenvalue weighted by Gasteiger charge is -2.21. The van der Waals surface area contributed by atoms with Crippen molar-refractivity contribution >= 4 is 50.5 Å². The summed E-state index contributed by atoms with van der Waals surface area (Å²) < 4.78 is -1.37. The monoisotopic (exact) mass is 332 g/mol. The SMILES string of the molecule is CCC1=C(CC)S[P+]([S-])(SCc2ccccc2)S1. The Bertz CT molecular complexity index is 414. The van der Waals surface area contributed by atoms with Crippen LogP contribution in [0.5, 0.6) is 0 Å². The Morgan fingerprint density at radius 2 is 1.61 bits per heavy atom. The van der Waals surface area contributed by atoms with Crippen molar-refractivity contribution in [1.82, 2.24) is 0 Å². The molecular formula is C13H17PS4. The Kier molecular flexibility index (Phi) is 5.89. The van der Waals surface area contributed by atoms with E-state index in [0.29, 0.717) is 0 Å². The van der Waals surface area contributed by atoms with Gasteiger partial charge in [-0.3, -0.25) is 0 Å². The summed E-state index contributed by atoms with van der Waals surface area (Å²) in [6, 6.07) is 10.7. The fraction of sp³-hybridized carbons (Fsp3) is 0.385. The normalized spacial score (nSPS) is 18.4. The fourth-order valence-corrected chi connectivity index (χ4v) is 16.2. The third kappa shape index (κ3) is 3.89. The van der Waals surface area contributed by atoms with Crippen LogP contribution in [0.4, 0.5) is 0 Å². The molecule has 0 unspecified atom stereocenters. The third-order valence-electron chi connectivity index (χ3n) is 2.63. The van der Waals surface area contributed by atoms with Crippen molar-refractivity contribution in [1.29, 1.82) is 0 Å². The molecule has 0 fully saturated rings. The molecule has 0 radical (unpaired) electrons. The van der Waals surface area contributed by atoms with E-state index >= 15 is 0 Å². The van der Waals surface area contributed by atoms with Gasteiger partial charge < -0.3 is 12.2 Å². The van der Waals surface area contributed by atoms with E-state index in [4.69, 9.17) is 12.2 Å². The van der Waals surface area contributed by atoms with E-state index in [1.807, 2.05) is 34.1 Å². The second kappa shape index (κ2) is 6.99. The number of rotatable bonds is 5. The Hall–Kier alpha value is 0.790. The maximum absolute atomic E-state index is 5.91. The highest BCUT2D eigenvalue weighted by molar-refractivity contribution is 9.34. The van der Waals surface area contributed by atoms with Crippen LogP contribution in [0.2, 0.25) is 0 Å².